The van der Waals surface area contributed by atoms with Gasteiger partial charge in [0.1, 0.15) is 0 Å². The molecule has 0 spiro atoms. The molecule has 0 aliphatic heterocycles. The third-order valence-corrected chi connectivity index (χ3v) is 3.11. The minimum absolute atomic E-state index is 0.303. The van der Waals surface area contributed by atoms with E-state index in [1.54, 1.807) is 0 Å². The lowest BCUT2D eigenvalue weighted by atomic mass is 10.0. The molecule has 1 aromatic rings. The summed E-state index contributed by atoms with van der Waals surface area (Å²) in [5.41, 5.74) is 2.46. The fourth-order valence-electron chi connectivity index (χ4n) is 1.78. The van der Waals surface area contributed by atoms with E-state index < -0.39 is 0 Å². The summed E-state index contributed by atoms with van der Waals surface area (Å²) >= 11 is 0. The van der Waals surface area contributed by atoms with Gasteiger partial charge in [-0.1, -0.05) is 31.2 Å². The Labute approximate surface area is 85.8 Å². The summed E-state index contributed by atoms with van der Waals surface area (Å²) < 4.78 is 0. The molecule has 2 rings (SSSR count). The number of rotatable bonds is 4. The minimum Gasteiger partial charge on any atom is -0.390 e. The standard InChI is InChI=1S/C13H18O/c1-2-11-4-3-5-12(10-11)6-7-13(14)8-9-13/h3-5,10,14H,2,6-9H2,1H3. The molecule has 0 amide bonds. The lowest BCUT2D eigenvalue weighted by molar-refractivity contribution is 0.140. The largest absolute Gasteiger partial charge is 0.390 e. The SMILES string of the molecule is CCc1cccc(CCC2(O)CC2)c1. The van der Waals surface area contributed by atoms with Gasteiger partial charge in [-0.15, -0.1) is 0 Å². The molecular formula is C13H18O. The van der Waals surface area contributed by atoms with Gasteiger partial charge in [0.05, 0.1) is 5.60 Å². The molecule has 1 heteroatoms. The summed E-state index contributed by atoms with van der Waals surface area (Å²) in [5, 5.41) is 9.72. The van der Waals surface area contributed by atoms with E-state index >= 15 is 0 Å². The maximum absolute atomic E-state index is 9.72. The van der Waals surface area contributed by atoms with Crippen LogP contribution < -0.4 is 0 Å². The van der Waals surface area contributed by atoms with E-state index in [1.807, 2.05) is 0 Å². The first kappa shape index (κ1) is 9.72. The minimum atomic E-state index is -0.303. The Morgan fingerprint density at radius 3 is 2.64 bits per heavy atom. The fraction of sp³-hybridized carbons (Fsp3) is 0.538. The van der Waals surface area contributed by atoms with Gasteiger partial charge in [0, 0.05) is 0 Å². The Morgan fingerprint density at radius 1 is 1.29 bits per heavy atom. The molecule has 14 heavy (non-hydrogen) atoms. The zero-order valence-electron chi connectivity index (χ0n) is 8.79. The van der Waals surface area contributed by atoms with Crippen LogP contribution in [0.2, 0.25) is 0 Å². The van der Waals surface area contributed by atoms with Gasteiger partial charge < -0.3 is 5.11 Å². The quantitative estimate of drug-likeness (QED) is 0.774. The Morgan fingerprint density at radius 2 is 2.00 bits per heavy atom. The van der Waals surface area contributed by atoms with Crippen LogP contribution in [0.15, 0.2) is 24.3 Å². The van der Waals surface area contributed by atoms with Crippen LogP contribution in [0, 0.1) is 0 Å². The van der Waals surface area contributed by atoms with Gasteiger partial charge in [0.2, 0.25) is 0 Å². The normalized spacial score (nSPS) is 18.1. The van der Waals surface area contributed by atoms with Crippen LogP contribution in [0.3, 0.4) is 0 Å². The van der Waals surface area contributed by atoms with Crippen molar-refractivity contribution in [3.05, 3.63) is 35.4 Å². The lowest BCUT2D eigenvalue weighted by Gasteiger charge is -2.07. The third kappa shape index (κ3) is 2.36. The highest BCUT2D eigenvalue weighted by Crippen LogP contribution is 2.39. The molecular weight excluding hydrogens is 172 g/mol. The van der Waals surface area contributed by atoms with Gasteiger partial charge in [-0.05, 0) is 43.2 Å². The van der Waals surface area contributed by atoms with Crippen molar-refractivity contribution in [2.45, 2.75) is 44.6 Å². The van der Waals surface area contributed by atoms with Crippen molar-refractivity contribution in [3.8, 4) is 0 Å². The van der Waals surface area contributed by atoms with Crippen LogP contribution in [-0.2, 0) is 12.8 Å². The number of hydrogen-bond acceptors (Lipinski definition) is 1. The molecule has 1 nitrogen and oxygen atoms in total. The van der Waals surface area contributed by atoms with Gasteiger partial charge in [-0.3, -0.25) is 0 Å². The Bertz CT molecular complexity index is 313. The highest BCUT2D eigenvalue weighted by Gasteiger charge is 2.39. The second-order valence-corrected chi connectivity index (χ2v) is 4.40. The molecule has 0 heterocycles. The Kier molecular flexibility index (Phi) is 2.60. The molecule has 1 saturated carbocycles. The maximum atomic E-state index is 9.72. The van der Waals surface area contributed by atoms with Crippen LogP contribution in [0.25, 0.3) is 0 Å². The van der Waals surface area contributed by atoms with Gasteiger partial charge in [0.25, 0.3) is 0 Å². The van der Waals surface area contributed by atoms with Gasteiger partial charge in [-0.2, -0.15) is 0 Å². The van der Waals surface area contributed by atoms with E-state index in [-0.39, 0.29) is 5.60 Å². The van der Waals surface area contributed by atoms with E-state index in [9.17, 15) is 5.11 Å². The molecule has 1 N–H and O–H groups in total. The van der Waals surface area contributed by atoms with Crippen LogP contribution >= 0.6 is 0 Å². The number of aliphatic hydroxyl groups is 1. The lowest BCUT2D eigenvalue weighted by Crippen LogP contribution is -2.07. The zero-order chi connectivity index (χ0) is 10.0. The average Bonchev–Trinajstić information content (AvgIpc) is 2.95. The zero-order valence-corrected chi connectivity index (χ0v) is 8.79. The van der Waals surface area contributed by atoms with Crippen molar-refractivity contribution in [1.82, 2.24) is 0 Å². The summed E-state index contributed by atoms with van der Waals surface area (Å²) in [5.74, 6) is 0. The van der Waals surface area contributed by atoms with Crippen molar-refractivity contribution in [1.29, 1.82) is 0 Å². The van der Waals surface area contributed by atoms with E-state index in [4.69, 9.17) is 0 Å². The first-order valence-electron chi connectivity index (χ1n) is 5.52. The Balaban J connectivity index is 1.94. The maximum Gasteiger partial charge on any atom is 0.0653 e. The first-order valence-corrected chi connectivity index (χ1v) is 5.52. The summed E-state index contributed by atoms with van der Waals surface area (Å²) in [6.45, 7) is 2.17. The van der Waals surface area contributed by atoms with Crippen molar-refractivity contribution in [3.63, 3.8) is 0 Å². The average molecular weight is 190 g/mol. The molecule has 0 atom stereocenters. The summed E-state index contributed by atoms with van der Waals surface area (Å²) in [6.07, 6.45) is 5.05. The fourth-order valence-corrected chi connectivity index (χ4v) is 1.78. The molecule has 0 radical (unpaired) electrons. The van der Waals surface area contributed by atoms with E-state index in [1.165, 1.54) is 11.1 Å². The molecule has 1 aliphatic carbocycles. The molecule has 1 aromatic carbocycles. The van der Waals surface area contributed by atoms with Crippen molar-refractivity contribution < 1.29 is 5.11 Å². The van der Waals surface area contributed by atoms with E-state index in [2.05, 4.69) is 31.2 Å². The van der Waals surface area contributed by atoms with Gasteiger partial charge in [-0.25, -0.2) is 0 Å². The summed E-state index contributed by atoms with van der Waals surface area (Å²) in [7, 11) is 0. The first-order chi connectivity index (χ1) is 6.72. The van der Waals surface area contributed by atoms with Crippen molar-refractivity contribution >= 4 is 0 Å². The van der Waals surface area contributed by atoms with Gasteiger partial charge in [0.15, 0.2) is 0 Å². The van der Waals surface area contributed by atoms with Crippen LogP contribution in [0.4, 0.5) is 0 Å². The molecule has 76 valence electrons. The van der Waals surface area contributed by atoms with E-state index in [0.29, 0.717) is 0 Å². The van der Waals surface area contributed by atoms with Crippen LogP contribution in [0.1, 0.15) is 37.3 Å². The molecule has 0 aromatic heterocycles. The van der Waals surface area contributed by atoms with E-state index in [0.717, 1.165) is 32.1 Å². The van der Waals surface area contributed by atoms with Crippen molar-refractivity contribution in [2.24, 2.45) is 0 Å². The van der Waals surface area contributed by atoms with Gasteiger partial charge >= 0.3 is 0 Å². The highest BCUT2D eigenvalue weighted by atomic mass is 16.3. The molecule has 1 aliphatic rings. The smallest absolute Gasteiger partial charge is 0.0653 e. The predicted molar refractivity (Wildman–Crippen MR) is 58.3 cm³/mol. The summed E-state index contributed by atoms with van der Waals surface area (Å²) in [6, 6.07) is 8.69. The van der Waals surface area contributed by atoms with Crippen LogP contribution in [0.5, 0.6) is 0 Å². The summed E-state index contributed by atoms with van der Waals surface area (Å²) in [4.78, 5) is 0. The molecule has 0 saturated heterocycles. The second-order valence-electron chi connectivity index (χ2n) is 4.40. The molecule has 0 unspecified atom stereocenters. The molecule has 0 bridgehead atoms. The van der Waals surface area contributed by atoms with Crippen molar-refractivity contribution in [2.75, 3.05) is 0 Å². The Hall–Kier alpha value is -0.820. The van der Waals surface area contributed by atoms with Crippen LogP contribution in [-0.4, -0.2) is 10.7 Å². The number of hydrogen-bond donors (Lipinski definition) is 1. The third-order valence-electron chi connectivity index (χ3n) is 3.11. The highest BCUT2D eigenvalue weighted by molar-refractivity contribution is 5.23. The second kappa shape index (κ2) is 3.74. The number of aryl methyl sites for hydroxylation is 2. The topological polar surface area (TPSA) is 20.2 Å². The predicted octanol–water partition coefficient (Wildman–Crippen LogP) is 2.71. The monoisotopic (exact) mass is 190 g/mol. The number of benzene rings is 1. The molecule has 1 fully saturated rings.